The summed E-state index contributed by atoms with van der Waals surface area (Å²) >= 11 is 5.90. The minimum atomic E-state index is -4.55. The van der Waals surface area contributed by atoms with Crippen LogP contribution in [0.1, 0.15) is 36.2 Å². The molecule has 0 unspecified atom stereocenters. The second kappa shape index (κ2) is 9.95. The minimum absolute atomic E-state index is 0.0633. The van der Waals surface area contributed by atoms with Crippen LogP contribution < -0.4 is 10.1 Å². The molecule has 1 fully saturated rings. The average molecular weight is 457 g/mol. The van der Waals surface area contributed by atoms with E-state index in [1.807, 2.05) is 0 Å². The maximum Gasteiger partial charge on any atom is 0.422 e. The zero-order chi connectivity index (χ0) is 22.4. The summed E-state index contributed by atoms with van der Waals surface area (Å²) in [6.45, 7) is -1.53. The molecule has 31 heavy (non-hydrogen) atoms. The molecule has 0 bridgehead atoms. The first kappa shape index (κ1) is 22.8. The molecule has 1 aliphatic carbocycles. The Balaban J connectivity index is 1.88. The van der Waals surface area contributed by atoms with Crippen LogP contribution in [0, 0.1) is 0 Å². The highest BCUT2D eigenvalue weighted by atomic mass is 35.5. The summed E-state index contributed by atoms with van der Waals surface area (Å²) in [7, 11) is 1.43. The summed E-state index contributed by atoms with van der Waals surface area (Å²) in [5.41, 5.74) is 1.32. The molecule has 1 aromatic carbocycles. The molecule has 1 amide bonds. The largest absolute Gasteiger partial charge is 0.467 e. The summed E-state index contributed by atoms with van der Waals surface area (Å²) in [6.07, 6.45) is -1.30. The highest BCUT2D eigenvalue weighted by Gasteiger charge is 2.30. The van der Waals surface area contributed by atoms with Gasteiger partial charge in [-0.2, -0.15) is 13.2 Å². The van der Waals surface area contributed by atoms with E-state index in [1.165, 1.54) is 13.2 Å². The van der Waals surface area contributed by atoms with Gasteiger partial charge in [-0.1, -0.05) is 35.3 Å². The van der Waals surface area contributed by atoms with Crippen molar-refractivity contribution in [1.29, 1.82) is 0 Å². The predicted octanol–water partition coefficient (Wildman–Crippen LogP) is 4.41. The molecular weight excluding hydrogens is 437 g/mol. The maximum atomic E-state index is 12.8. The molecule has 2 aromatic rings. The van der Waals surface area contributed by atoms with Crippen LogP contribution in [0.2, 0.25) is 5.02 Å². The lowest BCUT2D eigenvalue weighted by atomic mass is 9.93. The van der Waals surface area contributed by atoms with Crippen LogP contribution in [0.3, 0.4) is 0 Å². The van der Waals surface area contributed by atoms with Crippen molar-refractivity contribution in [2.45, 2.75) is 37.9 Å². The first-order chi connectivity index (χ1) is 14.8. The van der Waals surface area contributed by atoms with Gasteiger partial charge in [0.1, 0.15) is 7.11 Å². The van der Waals surface area contributed by atoms with Gasteiger partial charge in [0.05, 0.1) is 11.8 Å². The van der Waals surface area contributed by atoms with Crippen molar-refractivity contribution >= 4 is 23.2 Å². The number of hydrogen-bond acceptors (Lipinski definition) is 6. The summed E-state index contributed by atoms with van der Waals surface area (Å²) in [5.74, 6) is -0.865. The number of nitrogens with one attached hydrogen (secondary N) is 1. The SMILES string of the molecule is CO/N=C1\CCCC[C@@H]1NC(=O)c1cc(-c2ccc(Cl)cc2)c(OCC(F)(F)F)nn1. The fraction of sp³-hybridized carbons (Fsp3) is 0.400. The molecule has 7 nitrogen and oxygen atoms in total. The van der Waals surface area contributed by atoms with Gasteiger partial charge in [-0.05, 0) is 43.0 Å². The lowest BCUT2D eigenvalue weighted by Gasteiger charge is -2.24. The number of alkyl halides is 3. The van der Waals surface area contributed by atoms with E-state index < -0.39 is 18.7 Å². The predicted molar refractivity (Wildman–Crippen MR) is 108 cm³/mol. The number of ether oxygens (including phenoxy) is 1. The quantitative estimate of drug-likeness (QED) is 0.651. The molecule has 166 valence electrons. The van der Waals surface area contributed by atoms with Crippen LogP contribution in [0.15, 0.2) is 35.5 Å². The van der Waals surface area contributed by atoms with E-state index in [4.69, 9.17) is 21.2 Å². The second-order valence-corrected chi connectivity index (χ2v) is 7.33. The fourth-order valence-electron chi connectivity index (χ4n) is 3.19. The molecule has 1 N–H and O–H groups in total. The number of aromatic nitrogens is 2. The zero-order valence-corrected chi connectivity index (χ0v) is 17.3. The van der Waals surface area contributed by atoms with Crippen molar-refractivity contribution in [2.24, 2.45) is 5.16 Å². The summed E-state index contributed by atoms with van der Waals surface area (Å²) in [5, 5.41) is 14.8. The normalized spacial score (nSPS) is 18.0. The third-order valence-electron chi connectivity index (χ3n) is 4.61. The molecule has 1 aromatic heterocycles. The minimum Gasteiger partial charge on any atom is -0.467 e. The molecule has 1 saturated carbocycles. The first-order valence-corrected chi connectivity index (χ1v) is 9.88. The third kappa shape index (κ3) is 6.30. The number of benzene rings is 1. The second-order valence-electron chi connectivity index (χ2n) is 6.90. The van der Waals surface area contributed by atoms with Crippen molar-refractivity contribution in [2.75, 3.05) is 13.7 Å². The van der Waals surface area contributed by atoms with Gasteiger partial charge < -0.3 is 14.9 Å². The Morgan fingerprint density at radius 3 is 2.68 bits per heavy atom. The Morgan fingerprint density at radius 2 is 2.00 bits per heavy atom. The van der Waals surface area contributed by atoms with Crippen molar-refractivity contribution in [1.82, 2.24) is 15.5 Å². The number of oxime groups is 1. The average Bonchev–Trinajstić information content (AvgIpc) is 2.74. The Bertz CT molecular complexity index is 952. The highest BCUT2D eigenvalue weighted by molar-refractivity contribution is 6.30. The van der Waals surface area contributed by atoms with Gasteiger partial charge in [-0.25, -0.2) is 0 Å². The van der Waals surface area contributed by atoms with Crippen LogP contribution in [0.25, 0.3) is 11.1 Å². The van der Waals surface area contributed by atoms with E-state index in [2.05, 4.69) is 20.7 Å². The van der Waals surface area contributed by atoms with Gasteiger partial charge in [-0.3, -0.25) is 4.79 Å². The number of carbonyl (C=O) groups excluding carboxylic acids is 1. The summed E-state index contributed by atoms with van der Waals surface area (Å²) in [6, 6.07) is 7.34. The highest BCUT2D eigenvalue weighted by Crippen LogP contribution is 2.30. The van der Waals surface area contributed by atoms with E-state index in [0.29, 0.717) is 23.4 Å². The van der Waals surface area contributed by atoms with Crippen molar-refractivity contribution in [3.8, 4) is 17.0 Å². The van der Waals surface area contributed by atoms with Crippen LogP contribution in [-0.4, -0.2) is 47.8 Å². The van der Waals surface area contributed by atoms with Crippen LogP contribution in [0.5, 0.6) is 5.88 Å². The van der Waals surface area contributed by atoms with E-state index in [1.54, 1.807) is 24.3 Å². The Labute approximate surface area is 181 Å². The third-order valence-corrected chi connectivity index (χ3v) is 4.86. The van der Waals surface area contributed by atoms with E-state index in [-0.39, 0.29) is 23.2 Å². The number of amides is 1. The van der Waals surface area contributed by atoms with E-state index >= 15 is 0 Å². The molecular formula is C20H20ClF3N4O3. The van der Waals surface area contributed by atoms with Gasteiger partial charge in [0, 0.05) is 10.6 Å². The van der Waals surface area contributed by atoms with Crippen LogP contribution in [0.4, 0.5) is 13.2 Å². The molecule has 0 saturated heterocycles. The Hall–Kier alpha value is -2.88. The van der Waals surface area contributed by atoms with Crippen molar-refractivity contribution in [3.63, 3.8) is 0 Å². The maximum absolute atomic E-state index is 12.8. The van der Waals surface area contributed by atoms with E-state index in [9.17, 15) is 18.0 Å². The Kier molecular flexibility index (Phi) is 7.32. The fourth-order valence-corrected chi connectivity index (χ4v) is 3.32. The van der Waals surface area contributed by atoms with Gasteiger partial charge in [0.25, 0.3) is 5.91 Å². The number of carbonyl (C=O) groups is 1. The Morgan fingerprint density at radius 1 is 1.26 bits per heavy atom. The van der Waals surface area contributed by atoms with Crippen molar-refractivity contribution in [3.05, 3.63) is 41.0 Å². The summed E-state index contributed by atoms with van der Waals surface area (Å²) in [4.78, 5) is 17.6. The molecule has 1 heterocycles. The number of rotatable bonds is 6. The number of nitrogens with zero attached hydrogens (tertiary/aromatic N) is 3. The molecule has 0 spiro atoms. The van der Waals surface area contributed by atoms with Gasteiger partial charge in [0.15, 0.2) is 12.3 Å². The number of halogens is 4. The lowest BCUT2D eigenvalue weighted by molar-refractivity contribution is -0.154. The standard InChI is InChI=1S/C20H20ClF3N4O3/c1-30-28-16-5-3-2-4-15(16)25-18(29)17-10-14(12-6-8-13(21)9-7-12)19(27-26-17)31-11-20(22,23)24/h6-10,15H,2-5,11H2,1H3,(H,25,29)/b28-16+/t15-/m0/s1. The zero-order valence-electron chi connectivity index (χ0n) is 16.6. The topological polar surface area (TPSA) is 85.7 Å². The van der Waals surface area contributed by atoms with E-state index in [0.717, 1.165) is 18.6 Å². The van der Waals surface area contributed by atoms with Crippen LogP contribution in [-0.2, 0) is 4.84 Å². The first-order valence-electron chi connectivity index (χ1n) is 9.51. The van der Waals surface area contributed by atoms with Gasteiger partial charge in [0.2, 0.25) is 5.88 Å². The number of hydrogen-bond donors (Lipinski definition) is 1. The molecule has 11 heteroatoms. The molecule has 1 atom stereocenters. The lowest BCUT2D eigenvalue weighted by Crippen LogP contribution is -2.43. The molecule has 1 aliphatic rings. The van der Waals surface area contributed by atoms with Gasteiger partial charge >= 0.3 is 6.18 Å². The van der Waals surface area contributed by atoms with Crippen LogP contribution >= 0.6 is 11.6 Å². The smallest absolute Gasteiger partial charge is 0.422 e. The molecule has 0 aliphatic heterocycles. The van der Waals surface area contributed by atoms with Crippen molar-refractivity contribution < 1.29 is 27.5 Å². The molecule has 0 radical (unpaired) electrons. The monoisotopic (exact) mass is 456 g/mol. The molecule has 3 rings (SSSR count). The summed E-state index contributed by atoms with van der Waals surface area (Å²) < 4.78 is 42.7. The van der Waals surface area contributed by atoms with Gasteiger partial charge in [-0.15, -0.1) is 10.2 Å².